The third-order valence-electron chi connectivity index (χ3n) is 5.01. The highest BCUT2D eigenvalue weighted by atomic mass is 35.5. The Morgan fingerprint density at radius 3 is 2.69 bits per heavy atom. The van der Waals surface area contributed by atoms with E-state index in [4.69, 9.17) is 11.6 Å². The van der Waals surface area contributed by atoms with Crippen LogP contribution in [-0.2, 0) is 4.79 Å². The molecule has 0 saturated carbocycles. The number of nitro groups is 1. The number of rotatable bonds is 7. The molecule has 1 heterocycles. The number of amides is 1. The lowest BCUT2D eigenvalue weighted by Gasteiger charge is -2.09. The van der Waals surface area contributed by atoms with E-state index in [2.05, 4.69) is 20.8 Å². The second kappa shape index (κ2) is 10.8. The first-order valence-electron chi connectivity index (χ1n) is 10.4. The molecule has 0 spiro atoms. The van der Waals surface area contributed by atoms with Crippen molar-refractivity contribution in [2.45, 2.75) is 17.0 Å². The first-order valence-corrected chi connectivity index (χ1v) is 11.5. The number of carbonyl (C=O) groups is 1. The third-order valence-corrected chi connectivity index (χ3v) is 6.43. The number of carbonyl (C=O) groups excluding carboxylic acids is 1. The second-order valence-electron chi connectivity index (χ2n) is 7.33. The highest BCUT2D eigenvalue weighted by Crippen LogP contribution is 2.35. The Bertz CT molecular complexity index is 1530. The lowest BCUT2D eigenvalue weighted by molar-refractivity contribution is -0.387. The fourth-order valence-corrected chi connectivity index (χ4v) is 4.22. The van der Waals surface area contributed by atoms with Crippen LogP contribution in [0.2, 0.25) is 5.02 Å². The number of tetrazole rings is 1. The van der Waals surface area contributed by atoms with E-state index < -0.39 is 10.8 Å². The van der Waals surface area contributed by atoms with Gasteiger partial charge in [-0.25, -0.2) is 0 Å². The van der Waals surface area contributed by atoms with Gasteiger partial charge in [-0.2, -0.15) is 9.94 Å². The van der Waals surface area contributed by atoms with Gasteiger partial charge in [0.05, 0.1) is 15.5 Å². The summed E-state index contributed by atoms with van der Waals surface area (Å²) in [4.78, 5) is 24.2. The quantitative estimate of drug-likeness (QED) is 0.152. The molecule has 0 radical (unpaired) electrons. The van der Waals surface area contributed by atoms with E-state index in [-0.39, 0.29) is 11.3 Å². The van der Waals surface area contributed by atoms with E-state index in [1.165, 1.54) is 22.9 Å². The Hall–Kier alpha value is -4.53. The molecule has 1 amide bonds. The van der Waals surface area contributed by atoms with Crippen molar-refractivity contribution < 1.29 is 9.72 Å². The van der Waals surface area contributed by atoms with Crippen molar-refractivity contribution in [3.8, 4) is 11.8 Å². The number of nitro benzene ring substituents is 1. The summed E-state index contributed by atoms with van der Waals surface area (Å²) in [5.41, 5.74) is 1.68. The molecular weight excluding hydrogens is 502 g/mol. The molecule has 0 fully saturated rings. The topological polar surface area (TPSA) is 140 Å². The van der Waals surface area contributed by atoms with Crippen LogP contribution in [-0.4, -0.2) is 31.0 Å². The summed E-state index contributed by atoms with van der Waals surface area (Å²) >= 11 is 7.11. The molecule has 4 aromatic rings. The van der Waals surface area contributed by atoms with Crippen LogP contribution in [0.15, 0.2) is 82.4 Å². The molecule has 1 aromatic heterocycles. The number of hydrogen-bond acceptors (Lipinski definition) is 8. The summed E-state index contributed by atoms with van der Waals surface area (Å²) in [6.07, 6.45) is 1.28. The maximum absolute atomic E-state index is 12.7. The molecule has 4 rings (SSSR count). The van der Waals surface area contributed by atoms with Gasteiger partial charge in [0.2, 0.25) is 5.16 Å². The molecule has 178 valence electrons. The number of halogens is 1. The molecule has 0 unspecified atom stereocenters. The summed E-state index contributed by atoms with van der Waals surface area (Å²) in [6, 6.07) is 20.4. The molecule has 0 aliphatic carbocycles. The van der Waals surface area contributed by atoms with Gasteiger partial charge in [-0.05, 0) is 76.6 Å². The predicted molar refractivity (Wildman–Crippen MR) is 135 cm³/mol. The zero-order valence-electron chi connectivity index (χ0n) is 18.6. The molecule has 3 aromatic carbocycles. The Morgan fingerprint density at radius 2 is 1.97 bits per heavy atom. The number of nitrogens with zero attached hydrogens (tertiary/aromatic N) is 6. The number of benzene rings is 3. The van der Waals surface area contributed by atoms with Crippen molar-refractivity contribution in [2.75, 3.05) is 5.32 Å². The van der Waals surface area contributed by atoms with Crippen LogP contribution < -0.4 is 5.32 Å². The average molecular weight is 518 g/mol. The van der Waals surface area contributed by atoms with Crippen molar-refractivity contribution in [3.63, 3.8) is 0 Å². The minimum atomic E-state index is -0.661. The fourth-order valence-electron chi connectivity index (χ4n) is 3.17. The molecule has 36 heavy (non-hydrogen) atoms. The Balaban J connectivity index is 1.62. The average Bonchev–Trinajstić information content (AvgIpc) is 3.34. The number of nitriles is 1. The monoisotopic (exact) mass is 517 g/mol. The van der Waals surface area contributed by atoms with E-state index in [0.717, 1.165) is 11.8 Å². The van der Waals surface area contributed by atoms with Crippen molar-refractivity contribution in [3.05, 3.63) is 98.6 Å². The smallest absolute Gasteiger partial charge is 0.283 e. The first kappa shape index (κ1) is 24.6. The number of para-hydroxylation sites is 1. The van der Waals surface area contributed by atoms with Gasteiger partial charge in [0, 0.05) is 16.8 Å². The van der Waals surface area contributed by atoms with E-state index in [1.807, 2.05) is 36.4 Å². The molecule has 1 N–H and O–H groups in total. The van der Waals surface area contributed by atoms with Crippen LogP contribution in [0.4, 0.5) is 11.4 Å². The Kier molecular flexibility index (Phi) is 7.39. The van der Waals surface area contributed by atoms with Gasteiger partial charge in [0.25, 0.3) is 11.6 Å². The van der Waals surface area contributed by atoms with Crippen LogP contribution in [0.25, 0.3) is 11.8 Å². The van der Waals surface area contributed by atoms with E-state index in [0.29, 0.717) is 37.6 Å². The molecule has 10 nitrogen and oxygen atoms in total. The SMILES string of the molecule is Cc1c(Cl)cccc1NC(=O)/C(C#N)=C/c1ccc(Sc2nnnn2-c2ccccc2)c([N+](=O)[O-])c1. The highest BCUT2D eigenvalue weighted by molar-refractivity contribution is 7.99. The zero-order chi connectivity index (χ0) is 25.7. The van der Waals surface area contributed by atoms with Gasteiger partial charge >= 0.3 is 0 Å². The van der Waals surface area contributed by atoms with Gasteiger partial charge in [-0.3, -0.25) is 14.9 Å². The predicted octanol–water partition coefficient (Wildman–Crippen LogP) is 5.23. The van der Waals surface area contributed by atoms with Crippen molar-refractivity contribution in [1.82, 2.24) is 20.2 Å². The third kappa shape index (κ3) is 5.41. The van der Waals surface area contributed by atoms with E-state index in [9.17, 15) is 20.2 Å². The van der Waals surface area contributed by atoms with Gasteiger partial charge in [-0.1, -0.05) is 41.9 Å². The molecule has 0 bridgehead atoms. The number of anilines is 1. The summed E-state index contributed by atoms with van der Waals surface area (Å²) in [5, 5.41) is 36.4. The lowest BCUT2D eigenvalue weighted by Crippen LogP contribution is -2.14. The summed E-state index contributed by atoms with van der Waals surface area (Å²) in [7, 11) is 0. The van der Waals surface area contributed by atoms with Crippen LogP contribution in [0, 0.1) is 28.4 Å². The molecule has 0 atom stereocenters. The van der Waals surface area contributed by atoms with Crippen molar-refractivity contribution in [1.29, 1.82) is 5.26 Å². The first-order chi connectivity index (χ1) is 17.4. The van der Waals surface area contributed by atoms with Crippen LogP contribution in [0.5, 0.6) is 0 Å². The van der Waals surface area contributed by atoms with Gasteiger partial charge in [0.15, 0.2) is 0 Å². The Labute approximate surface area is 214 Å². The lowest BCUT2D eigenvalue weighted by atomic mass is 10.1. The summed E-state index contributed by atoms with van der Waals surface area (Å²) in [5.74, 6) is -0.661. The fraction of sp³-hybridized carbons (Fsp3) is 0.0417. The van der Waals surface area contributed by atoms with Crippen molar-refractivity contribution in [2.24, 2.45) is 0 Å². The maximum atomic E-state index is 12.7. The minimum absolute atomic E-state index is 0.222. The standard InChI is InChI=1S/C24H16ClN7O3S/c1-15-19(25)8-5-9-20(15)27-23(33)17(14-26)12-16-10-11-22(21(13-16)32(34)35)36-24-28-29-30-31(24)18-6-3-2-4-7-18/h2-13H,1H3,(H,27,33)/b17-12+. The molecule has 0 aliphatic heterocycles. The molecule has 0 saturated heterocycles. The Morgan fingerprint density at radius 1 is 1.19 bits per heavy atom. The van der Waals surface area contributed by atoms with Gasteiger partial charge < -0.3 is 5.32 Å². The normalized spacial score (nSPS) is 11.1. The van der Waals surface area contributed by atoms with Gasteiger partial charge in [-0.15, -0.1) is 5.10 Å². The van der Waals surface area contributed by atoms with Crippen LogP contribution in [0.3, 0.4) is 0 Å². The number of aromatic nitrogens is 4. The molecule has 12 heteroatoms. The van der Waals surface area contributed by atoms with E-state index >= 15 is 0 Å². The minimum Gasteiger partial charge on any atom is -0.321 e. The zero-order valence-corrected chi connectivity index (χ0v) is 20.2. The highest BCUT2D eigenvalue weighted by Gasteiger charge is 2.20. The summed E-state index contributed by atoms with van der Waals surface area (Å²) < 4.78 is 1.47. The summed E-state index contributed by atoms with van der Waals surface area (Å²) in [6.45, 7) is 1.74. The van der Waals surface area contributed by atoms with Crippen LogP contribution in [0.1, 0.15) is 11.1 Å². The van der Waals surface area contributed by atoms with E-state index in [1.54, 1.807) is 31.2 Å². The largest absolute Gasteiger partial charge is 0.321 e. The molecular formula is C24H16ClN7O3S. The second-order valence-corrected chi connectivity index (χ2v) is 8.75. The van der Waals surface area contributed by atoms with Crippen molar-refractivity contribution >= 4 is 46.7 Å². The van der Waals surface area contributed by atoms with Gasteiger partial charge in [0.1, 0.15) is 11.6 Å². The number of nitrogens with one attached hydrogen (secondary N) is 1. The molecule has 0 aliphatic rings. The maximum Gasteiger partial charge on any atom is 0.283 e. The number of hydrogen-bond donors (Lipinski definition) is 1. The van der Waals surface area contributed by atoms with Crippen LogP contribution >= 0.6 is 23.4 Å².